The summed E-state index contributed by atoms with van der Waals surface area (Å²) < 4.78 is 0.967. The number of hydrogen-bond donors (Lipinski definition) is 1. The van der Waals surface area contributed by atoms with Gasteiger partial charge in [-0.25, -0.2) is 9.97 Å². The molecule has 0 unspecified atom stereocenters. The SMILES string of the molecule is N#Cc1ccnc(Nc2cccc(Br)c2)n1. The smallest absolute Gasteiger partial charge is 0.228 e. The van der Waals surface area contributed by atoms with Gasteiger partial charge in [-0.3, -0.25) is 0 Å². The summed E-state index contributed by atoms with van der Waals surface area (Å²) in [7, 11) is 0. The van der Waals surface area contributed by atoms with Crippen LogP contribution in [0.5, 0.6) is 0 Å². The first-order chi connectivity index (χ1) is 7.78. The molecule has 0 fully saturated rings. The molecule has 0 bridgehead atoms. The van der Waals surface area contributed by atoms with Crippen LogP contribution in [-0.4, -0.2) is 9.97 Å². The summed E-state index contributed by atoms with van der Waals surface area (Å²) in [5.74, 6) is 0.414. The number of aromatic nitrogens is 2. The van der Waals surface area contributed by atoms with Gasteiger partial charge in [0, 0.05) is 16.4 Å². The summed E-state index contributed by atoms with van der Waals surface area (Å²) >= 11 is 3.37. The quantitative estimate of drug-likeness (QED) is 0.915. The Labute approximate surface area is 101 Å². The van der Waals surface area contributed by atoms with E-state index in [9.17, 15) is 0 Å². The van der Waals surface area contributed by atoms with Crippen molar-refractivity contribution in [3.8, 4) is 6.07 Å². The lowest BCUT2D eigenvalue weighted by Gasteiger charge is -2.04. The number of anilines is 2. The zero-order valence-corrected chi connectivity index (χ0v) is 9.77. The van der Waals surface area contributed by atoms with E-state index in [1.54, 1.807) is 12.3 Å². The maximum Gasteiger partial charge on any atom is 0.228 e. The van der Waals surface area contributed by atoms with E-state index in [0.29, 0.717) is 11.6 Å². The number of nitrogens with one attached hydrogen (secondary N) is 1. The fourth-order valence-electron chi connectivity index (χ4n) is 1.18. The van der Waals surface area contributed by atoms with Crippen molar-refractivity contribution in [3.63, 3.8) is 0 Å². The molecule has 78 valence electrons. The van der Waals surface area contributed by atoms with Crippen LogP contribution < -0.4 is 5.32 Å². The van der Waals surface area contributed by atoms with Crippen molar-refractivity contribution < 1.29 is 0 Å². The van der Waals surface area contributed by atoms with Gasteiger partial charge in [-0.1, -0.05) is 22.0 Å². The Kier molecular flexibility index (Phi) is 3.13. The molecule has 2 aromatic rings. The fourth-order valence-corrected chi connectivity index (χ4v) is 1.58. The van der Waals surface area contributed by atoms with Gasteiger partial charge in [0.15, 0.2) is 0 Å². The molecule has 4 nitrogen and oxygen atoms in total. The van der Waals surface area contributed by atoms with E-state index in [2.05, 4.69) is 31.2 Å². The molecule has 2 rings (SSSR count). The molecule has 5 heteroatoms. The number of hydrogen-bond acceptors (Lipinski definition) is 4. The average molecular weight is 275 g/mol. The maximum absolute atomic E-state index is 8.70. The van der Waals surface area contributed by atoms with Crippen molar-refractivity contribution in [2.45, 2.75) is 0 Å². The third-order valence-corrected chi connectivity index (χ3v) is 2.34. The number of benzene rings is 1. The molecule has 0 aliphatic rings. The first-order valence-electron chi connectivity index (χ1n) is 4.53. The van der Waals surface area contributed by atoms with Gasteiger partial charge in [-0.2, -0.15) is 5.26 Å². The van der Waals surface area contributed by atoms with Gasteiger partial charge < -0.3 is 5.32 Å². The minimum absolute atomic E-state index is 0.340. The first kappa shape index (κ1) is 10.6. The summed E-state index contributed by atoms with van der Waals surface area (Å²) in [4.78, 5) is 8.04. The molecule has 0 spiro atoms. The number of nitriles is 1. The summed E-state index contributed by atoms with van der Waals surface area (Å²) in [5.41, 5.74) is 1.21. The molecule has 0 radical (unpaired) electrons. The van der Waals surface area contributed by atoms with Crippen LogP contribution in [-0.2, 0) is 0 Å². The molecule has 0 saturated heterocycles. The predicted octanol–water partition coefficient (Wildman–Crippen LogP) is 2.85. The Morgan fingerprint density at radius 2 is 2.19 bits per heavy atom. The highest BCUT2D eigenvalue weighted by atomic mass is 79.9. The lowest BCUT2D eigenvalue weighted by molar-refractivity contribution is 1.14. The Bertz CT molecular complexity index is 548. The van der Waals surface area contributed by atoms with Gasteiger partial charge in [-0.15, -0.1) is 0 Å². The van der Waals surface area contributed by atoms with E-state index in [4.69, 9.17) is 5.26 Å². The molecule has 0 amide bonds. The van der Waals surface area contributed by atoms with E-state index < -0.39 is 0 Å². The fraction of sp³-hybridized carbons (Fsp3) is 0. The molecule has 1 aromatic heterocycles. The third-order valence-electron chi connectivity index (χ3n) is 1.85. The van der Waals surface area contributed by atoms with Crippen LogP contribution in [0, 0.1) is 11.3 Å². The Hall–Kier alpha value is -1.93. The highest BCUT2D eigenvalue weighted by Gasteiger charge is 1.99. The second-order valence-corrected chi connectivity index (χ2v) is 3.93. The van der Waals surface area contributed by atoms with Crippen LogP contribution in [0.25, 0.3) is 0 Å². The topological polar surface area (TPSA) is 61.6 Å². The lowest BCUT2D eigenvalue weighted by atomic mass is 10.3. The van der Waals surface area contributed by atoms with Crippen molar-refractivity contribution in [1.29, 1.82) is 5.26 Å². The van der Waals surface area contributed by atoms with Crippen LogP contribution in [0.3, 0.4) is 0 Å². The molecule has 16 heavy (non-hydrogen) atoms. The second-order valence-electron chi connectivity index (χ2n) is 3.01. The van der Waals surface area contributed by atoms with Gasteiger partial charge >= 0.3 is 0 Å². The molecule has 0 saturated carbocycles. The molecular weight excluding hydrogens is 268 g/mol. The summed E-state index contributed by atoms with van der Waals surface area (Å²) in [6.07, 6.45) is 1.55. The Morgan fingerprint density at radius 3 is 2.94 bits per heavy atom. The van der Waals surface area contributed by atoms with E-state index in [-0.39, 0.29) is 0 Å². The standard InChI is InChI=1S/C11H7BrN4/c12-8-2-1-3-9(6-8)15-11-14-5-4-10(7-13)16-11/h1-6H,(H,14,15,16). The largest absolute Gasteiger partial charge is 0.324 e. The summed E-state index contributed by atoms with van der Waals surface area (Å²) in [5, 5.41) is 11.7. The van der Waals surface area contributed by atoms with Gasteiger partial charge in [0.1, 0.15) is 11.8 Å². The maximum atomic E-state index is 8.70. The van der Waals surface area contributed by atoms with E-state index in [1.165, 1.54) is 0 Å². The molecule has 1 N–H and O–H groups in total. The van der Waals surface area contributed by atoms with Crippen LogP contribution in [0.4, 0.5) is 11.6 Å². The number of nitrogens with zero attached hydrogens (tertiary/aromatic N) is 3. The Balaban J connectivity index is 2.24. The molecule has 0 aliphatic carbocycles. The van der Waals surface area contributed by atoms with Gasteiger partial charge in [0.2, 0.25) is 5.95 Å². The summed E-state index contributed by atoms with van der Waals surface area (Å²) in [6, 6.07) is 11.2. The summed E-state index contributed by atoms with van der Waals surface area (Å²) in [6.45, 7) is 0. The molecule has 0 aliphatic heterocycles. The van der Waals surface area contributed by atoms with Crippen LogP contribution in [0.15, 0.2) is 41.0 Å². The van der Waals surface area contributed by atoms with Crippen molar-refractivity contribution >= 4 is 27.6 Å². The second kappa shape index (κ2) is 4.73. The van der Waals surface area contributed by atoms with Gasteiger partial charge in [0.05, 0.1) is 0 Å². The zero-order valence-electron chi connectivity index (χ0n) is 8.18. The molecule has 1 aromatic carbocycles. The van der Waals surface area contributed by atoms with Gasteiger partial charge in [-0.05, 0) is 24.3 Å². The van der Waals surface area contributed by atoms with E-state index >= 15 is 0 Å². The van der Waals surface area contributed by atoms with Crippen molar-refractivity contribution in [1.82, 2.24) is 9.97 Å². The monoisotopic (exact) mass is 274 g/mol. The van der Waals surface area contributed by atoms with Crippen LogP contribution >= 0.6 is 15.9 Å². The molecule has 0 atom stereocenters. The van der Waals surface area contributed by atoms with Crippen molar-refractivity contribution in [2.24, 2.45) is 0 Å². The van der Waals surface area contributed by atoms with Crippen LogP contribution in [0.1, 0.15) is 5.69 Å². The lowest BCUT2D eigenvalue weighted by Crippen LogP contribution is -1.97. The first-order valence-corrected chi connectivity index (χ1v) is 5.33. The highest BCUT2D eigenvalue weighted by molar-refractivity contribution is 9.10. The third kappa shape index (κ3) is 2.55. The van der Waals surface area contributed by atoms with Crippen LogP contribution in [0.2, 0.25) is 0 Å². The number of halogens is 1. The highest BCUT2D eigenvalue weighted by Crippen LogP contribution is 2.18. The molecular formula is C11H7BrN4. The average Bonchev–Trinajstić information content (AvgIpc) is 2.29. The predicted molar refractivity (Wildman–Crippen MR) is 64.2 cm³/mol. The minimum Gasteiger partial charge on any atom is -0.324 e. The Morgan fingerprint density at radius 1 is 1.31 bits per heavy atom. The normalized spacial score (nSPS) is 9.50. The van der Waals surface area contributed by atoms with Crippen molar-refractivity contribution in [3.05, 3.63) is 46.7 Å². The number of rotatable bonds is 2. The van der Waals surface area contributed by atoms with Crippen molar-refractivity contribution in [2.75, 3.05) is 5.32 Å². The molecule has 1 heterocycles. The van der Waals surface area contributed by atoms with E-state index in [1.807, 2.05) is 30.3 Å². The van der Waals surface area contributed by atoms with Gasteiger partial charge in [0.25, 0.3) is 0 Å². The zero-order chi connectivity index (χ0) is 11.4. The van der Waals surface area contributed by atoms with E-state index in [0.717, 1.165) is 10.2 Å². The minimum atomic E-state index is 0.340.